The van der Waals surface area contributed by atoms with E-state index < -0.39 is 7.75 Å². The number of nitrogens with one attached hydrogen (secondary N) is 2. The molecule has 6 nitrogen and oxygen atoms in total. The number of carbonyl (C=O) groups excluding carboxylic acids is 1. The van der Waals surface area contributed by atoms with Crippen LogP contribution in [0.25, 0.3) is 0 Å². The molecule has 0 aliphatic carbocycles. The molecule has 0 saturated carbocycles. The molecule has 0 saturated heterocycles. The lowest BCUT2D eigenvalue weighted by molar-refractivity contribution is -0.120. The van der Waals surface area contributed by atoms with E-state index in [1.165, 1.54) is 0 Å². The van der Waals surface area contributed by atoms with Crippen molar-refractivity contribution >= 4 is 13.7 Å². The molecule has 0 rings (SSSR count). The number of amides is 1. The van der Waals surface area contributed by atoms with Crippen LogP contribution in [0.15, 0.2) is 72.9 Å². The van der Waals surface area contributed by atoms with Gasteiger partial charge in [0.25, 0.3) is 0 Å². The molecular weight excluding hydrogens is 411 g/mol. The maximum absolute atomic E-state index is 11.6. The monoisotopic (exact) mass is 450 g/mol. The fraction of sp³-hybridized carbons (Fsp3) is 0.458. The third kappa shape index (κ3) is 26.0. The number of allylic oxidation sites excluding steroid dienone is 12. The molecule has 4 N–H and O–H groups in total. The first-order valence-corrected chi connectivity index (χ1v) is 12.5. The van der Waals surface area contributed by atoms with Crippen LogP contribution in [0.5, 0.6) is 0 Å². The zero-order valence-electron chi connectivity index (χ0n) is 18.7. The summed E-state index contributed by atoms with van der Waals surface area (Å²) < 4.78 is 10.6. The molecule has 0 unspecified atom stereocenters. The maximum atomic E-state index is 11.6. The van der Waals surface area contributed by atoms with E-state index in [9.17, 15) is 9.36 Å². The molecule has 0 aromatic carbocycles. The van der Waals surface area contributed by atoms with Gasteiger partial charge in [-0.1, -0.05) is 79.8 Å². The molecule has 174 valence electrons. The Morgan fingerprint density at radius 3 is 1.55 bits per heavy atom. The molecular formula is C24H39N2O4P. The van der Waals surface area contributed by atoms with E-state index in [1.807, 2.05) is 17.2 Å². The van der Waals surface area contributed by atoms with E-state index in [-0.39, 0.29) is 19.0 Å². The van der Waals surface area contributed by atoms with E-state index in [0.717, 1.165) is 38.5 Å². The normalized spacial score (nSPS) is 13.3. The van der Waals surface area contributed by atoms with Crippen molar-refractivity contribution in [2.75, 3.05) is 13.1 Å². The van der Waals surface area contributed by atoms with Crippen LogP contribution >= 0.6 is 7.75 Å². The van der Waals surface area contributed by atoms with Crippen molar-refractivity contribution in [3.8, 4) is 0 Å². The Labute approximate surface area is 187 Å². The van der Waals surface area contributed by atoms with Crippen molar-refractivity contribution in [2.24, 2.45) is 0 Å². The van der Waals surface area contributed by atoms with Crippen LogP contribution in [0.4, 0.5) is 0 Å². The van der Waals surface area contributed by atoms with Gasteiger partial charge >= 0.3 is 7.75 Å². The number of carbonyl (C=O) groups is 1. The molecule has 0 atom stereocenters. The van der Waals surface area contributed by atoms with Crippen LogP contribution in [0, 0.1) is 0 Å². The first kappa shape index (κ1) is 29.0. The molecule has 0 radical (unpaired) electrons. The fourth-order valence-corrected chi connectivity index (χ4v) is 2.75. The third-order valence-electron chi connectivity index (χ3n) is 3.90. The average Bonchev–Trinajstić information content (AvgIpc) is 2.72. The molecule has 0 heterocycles. The van der Waals surface area contributed by atoms with Gasteiger partial charge in [-0.25, -0.2) is 9.65 Å². The number of hydrogen-bond donors (Lipinski definition) is 4. The standard InChI is InChI=1S/C24H39N2O4P/c1-2-3-4-5-6-7-8-9-10-11-12-13-14-15-16-17-18-19-20-21-24(27)25-22-23-26-31(28,29)30/h3-4,6-7,9-10,12-13,15-16,18-19H,2,5,8,11,14,17,20-23H2,1H3,(H,25,27)(H3,26,28,29,30). The van der Waals surface area contributed by atoms with Gasteiger partial charge in [0.2, 0.25) is 5.91 Å². The SMILES string of the molecule is CCC=CCC=CCC=CCC=CCC=CCC=CCCC(=O)NCCNP(=O)(O)O. The Morgan fingerprint density at radius 2 is 1.13 bits per heavy atom. The molecule has 31 heavy (non-hydrogen) atoms. The molecule has 0 aliphatic heterocycles. The molecule has 7 heteroatoms. The molecule has 0 bridgehead atoms. The van der Waals surface area contributed by atoms with Gasteiger partial charge < -0.3 is 15.1 Å². The first-order valence-electron chi connectivity index (χ1n) is 10.9. The Bertz CT molecular complexity index is 673. The van der Waals surface area contributed by atoms with Crippen molar-refractivity contribution in [1.29, 1.82) is 0 Å². The Hall–Kier alpha value is -1.98. The maximum Gasteiger partial charge on any atom is 0.400 e. The zero-order valence-corrected chi connectivity index (χ0v) is 19.6. The van der Waals surface area contributed by atoms with Gasteiger partial charge in [-0.2, -0.15) is 0 Å². The average molecular weight is 451 g/mol. The molecule has 0 aliphatic rings. The predicted octanol–water partition coefficient (Wildman–Crippen LogP) is 5.26. The minimum Gasteiger partial charge on any atom is -0.355 e. The molecule has 0 spiro atoms. The van der Waals surface area contributed by atoms with Crippen molar-refractivity contribution in [3.05, 3.63) is 72.9 Å². The molecule has 1 amide bonds. The lowest BCUT2D eigenvalue weighted by Gasteiger charge is -2.07. The Morgan fingerprint density at radius 1 is 0.710 bits per heavy atom. The van der Waals surface area contributed by atoms with Crippen molar-refractivity contribution in [1.82, 2.24) is 10.4 Å². The highest BCUT2D eigenvalue weighted by molar-refractivity contribution is 7.49. The Balaban J connectivity index is 3.59. The van der Waals surface area contributed by atoms with Crippen LogP contribution in [0.1, 0.15) is 58.3 Å². The fourth-order valence-electron chi connectivity index (χ4n) is 2.35. The summed E-state index contributed by atoms with van der Waals surface area (Å²) in [7, 11) is -4.21. The van der Waals surface area contributed by atoms with Gasteiger partial charge in [0.15, 0.2) is 0 Å². The van der Waals surface area contributed by atoms with Gasteiger partial charge in [-0.3, -0.25) is 4.79 Å². The summed E-state index contributed by atoms with van der Waals surface area (Å²) in [6, 6.07) is 0. The summed E-state index contributed by atoms with van der Waals surface area (Å²) >= 11 is 0. The van der Waals surface area contributed by atoms with E-state index in [0.29, 0.717) is 12.8 Å². The summed E-state index contributed by atoms with van der Waals surface area (Å²) in [5.41, 5.74) is 0. The van der Waals surface area contributed by atoms with Gasteiger partial charge in [0, 0.05) is 19.5 Å². The highest BCUT2D eigenvalue weighted by Gasteiger charge is 2.10. The minimum absolute atomic E-state index is 0.0376. The zero-order chi connectivity index (χ0) is 23.0. The predicted molar refractivity (Wildman–Crippen MR) is 131 cm³/mol. The topological polar surface area (TPSA) is 98.7 Å². The lowest BCUT2D eigenvalue weighted by Crippen LogP contribution is -2.30. The molecule has 0 aromatic heterocycles. The van der Waals surface area contributed by atoms with Gasteiger partial charge in [0.05, 0.1) is 0 Å². The van der Waals surface area contributed by atoms with Crippen LogP contribution in [0.2, 0.25) is 0 Å². The van der Waals surface area contributed by atoms with Gasteiger partial charge in [-0.05, 0) is 44.9 Å². The highest BCUT2D eigenvalue weighted by Crippen LogP contribution is 2.26. The van der Waals surface area contributed by atoms with Crippen molar-refractivity contribution < 1.29 is 19.1 Å². The third-order valence-corrected chi connectivity index (χ3v) is 4.54. The summed E-state index contributed by atoms with van der Waals surface area (Å²) in [4.78, 5) is 28.8. The van der Waals surface area contributed by atoms with Crippen molar-refractivity contribution in [2.45, 2.75) is 58.3 Å². The minimum atomic E-state index is -4.21. The smallest absolute Gasteiger partial charge is 0.355 e. The van der Waals surface area contributed by atoms with Crippen LogP contribution in [-0.4, -0.2) is 28.8 Å². The van der Waals surface area contributed by atoms with Gasteiger partial charge in [0.1, 0.15) is 0 Å². The number of hydrogen-bond acceptors (Lipinski definition) is 2. The van der Waals surface area contributed by atoms with Gasteiger partial charge in [-0.15, -0.1) is 0 Å². The van der Waals surface area contributed by atoms with Crippen LogP contribution in [0.3, 0.4) is 0 Å². The Kier molecular flexibility index (Phi) is 19.9. The van der Waals surface area contributed by atoms with E-state index in [2.05, 4.69) is 73.0 Å². The summed E-state index contributed by atoms with van der Waals surface area (Å²) in [6.45, 7) is 2.37. The van der Waals surface area contributed by atoms with E-state index in [4.69, 9.17) is 9.79 Å². The van der Waals surface area contributed by atoms with Crippen molar-refractivity contribution in [3.63, 3.8) is 0 Å². The summed E-state index contributed by atoms with van der Waals surface area (Å²) in [5, 5.41) is 4.63. The second-order valence-corrected chi connectivity index (χ2v) is 8.16. The first-order chi connectivity index (χ1) is 15.0. The molecule has 0 aromatic rings. The van der Waals surface area contributed by atoms with E-state index >= 15 is 0 Å². The lowest BCUT2D eigenvalue weighted by atomic mass is 10.2. The largest absolute Gasteiger partial charge is 0.400 e. The summed E-state index contributed by atoms with van der Waals surface area (Å²) in [5.74, 6) is -0.132. The van der Waals surface area contributed by atoms with Crippen LogP contribution in [-0.2, 0) is 9.36 Å². The second kappa shape index (κ2) is 21.3. The van der Waals surface area contributed by atoms with E-state index in [1.54, 1.807) is 0 Å². The highest BCUT2D eigenvalue weighted by atomic mass is 31.2. The molecule has 0 fully saturated rings. The second-order valence-electron chi connectivity index (χ2n) is 6.76. The van der Waals surface area contributed by atoms with Crippen LogP contribution < -0.4 is 10.4 Å². The summed E-state index contributed by atoms with van der Waals surface area (Å²) in [6.07, 6.45) is 32.4. The number of rotatable bonds is 18. The quantitative estimate of drug-likeness (QED) is 0.130.